The average Bonchev–Trinajstić information content (AvgIpc) is 0.785. The van der Waals surface area contributed by atoms with E-state index in [0.29, 0.717) is 51.7 Å². The second kappa shape index (κ2) is 44.5. The van der Waals surface area contributed by atoms with Gasteiger partial charge in [0.05, 0.1) is 0 Å². The van der Waals surface area contributed by atoms with Gasteiger partial charge in [0.2, 0.25) is 0 Å². The Kier molecular flexibility index (Phi) is 34.2. The van der Waals surface area contributed by atoms with Crippen molar-refractivity contribution in [2.45, 2.75) is 190 Å². The Morgan fingerprint density at radius 3 is 0.529 bits per heavy atom. The summed E-state index contributed by atoms with van der Waals surface area (Å²) in [4.78, 5) is 70.9. The van der Waals surface area contributed by atoms with Crippen LogP contribution in [0.1, 0.15) is 224 Å². The van der Waals surface area contributed by atoms with E-state index in [1.807, 2.05) is 300 Å². The van der Waals surface area contributed by atoms with Crippen molar-refractivity contribution in [2.75, 3.05) is 0 Å². The molecule has 18 nitrogen and oxygen atoms in total. The second-order valence-corrected chi connectivity index (χ2v) is 35.4. The lowest BCUT2D eigenvalue weighted by molar-refractivity contribution is -0.129. The van der Waals surface area contributed by atoms with Gasteiger partial charge in [-0.3, -0.25) is 0 Å². The fraction of sp³-hybridized carbons (Fsp3) is 0.237. The van der Waals surface area contributed by atoms with Crippen LogP contribution in [-0.4, -0.2) is 66.5 Å². The van der Waals surface area contributed by atoms with Gasteiger partial charge in [0.25, 0.3) is 0 Å². The zero-order valence-electron chi connectivity index (χ0n) is 82.5. The molecule has 0 aliphatic carbocycles. The van der Waals surface area contributed by atoms with Crippen molar-refractivity contribution < 1.29 is 87.8 Å². The molecule has 12 aromatic rings. The Hall–Kier alpha value is -15.3. The van der Waals surface area contributed by atoms with E-state index in [-0.39, 0.29) is 40.9 Å². The van der Waals surface area contributed by atoms with E-state index in [0.717, 1.165) is 237 Å². The summed E-state index contributed by atoms with van der Waals surface area (Å²) in [7, 11) is 0. The lowest BCUT2D eigenvalue weighted by Gasteiger charge is -2.26. The summed E-state index contributed by atoms with van der Waals surface area (Å²) in [5, 5.41) is 61.9. The molecule has 12 rings (SSSR count). The first-order valence-corrected chi connectivity index (χ1v) is 44.5. The summed E-state index contributed by atoms with van der Waals surface area (Å²) in [6.45, 7) is 66.8. The maximum atomic E-state index is 11.9. The smallest absolute Gasteiger partial charge is 0.335 e. The molecule has 0 saturated carbocycles. The topological polar surface area (TPSA) is 279 Å². The minimum absolute atomic E-state index is 0.129. The van der Waals surface area contributed by atoms with E-state index >= 15 is 0 Å². The molecule has 0 bridgehead atoms. The van der Waals surface area contributed by atoms with Gasteiger partial charge in [0, 0.05) is 60.1 Å². The van der Waals surface area contributed by atoms with Crippen LogP contribution in [0.2, 0.25) is 0 Å². The zero-order chi connectivity index (χ0) is 101. The lowest BCUT2D eigenvalue weighted by atomic mass is 9.79. The Bertz CT molecular complexity index is 6500. The standard InChI is InChI=1S/2C31H32O5.2C28H30O4/c1-9-28(33)35-27-16-18(4)25(14-20(27)6)30(24-13-19(5)26(32)15-17(24)3)23-11-21(7)31(22(8)12-23)36-29(34)10-2;1-9-26(32)35-30-19(5)13-24(14-20(30)6)28(23-11-17(3)29(34)18(4)12-23)25-15-21(7)31(22(8)16-25)36-27(33)10-2;1-8-26(30)32-25-14-16(3)23(12-18(25)5)27(21-9-19(6)28(31)20(7)10-21)22-11-17(4)24(29)13-15(22)2;1-8-24(29)32-28-19(6)13-23(14-20(28)7)25(21-9-15(2)26(30)16(3)10-21)22-11-17(4)27(31)18(5)12-22/h9-16,30,32H,1-2H2,3-8H3;9-16,28,34H,1-2H2,3-8H3;8-14,27,29,31H,1H2,2-7H3;8-14,25,30-31H,1H2,2-7H3. The molecule has 0 aliphatic heterocycles. The van der Waals surface area contributed by atoms with E-state index in [9.17, 15) is 59.4 Å². The van der Waals surface area contributed by atoms with E-state index in [2.05, 4.69) is 39.5 Å². The quantitative estimate of drug-likeness (QED) is 0.0142. The molecule has 0 aliphatic rings. The first-order valence-electron chi connectivity index (χ1n) is 44.5. The highest BCUT2D eigenvalue weighted by Crippen LogP contribution is 2.48. The van der Waals surface area contributed by atoms with Crippen LogP contribution in [0.3, 0.4) is 0 Å². The van der Waals surface area contributed by atoms with Gasteiger partial charge in [-0.1, -0.05) is 161 Å². The fourth-order valence-corrected chi connectivity index (χ4v) is 17.7. The minimum atomic E-state index is -0.511. The van der Waals surface area contributed by atoms with Gasteiger partial charge in [-0.15, -0.1) is 0 Å². The highest BCUT2D eigenvalue weighted by Gasteiger charge is 2.31. The number of hydrogen-bond donors (Lipinski definition) is 6. The number of carbonyl (C=O) groups is 6. The highest BCUT2D eigenvalue weighted by atomic mass is 16.6. The molecule has 0 fully saturated rings. The number of aromatic hydroxyl groups is 6. The normalized spacial score (nSPS) is 11.2. The van der Waals surface area contributed by atoms with Crippen molar-refractivity contribution in [3.63, 3.8) is 0 Å². The number of phenols is 6. The highest BCUT2D eigenvalue weighted by molar-refractivity contribution is 5.87. The molecule has 704 valence electrons. The van der Waals surface area contributed by atoms with Crippen LogP contribution in [0.5, 0.6) is 69.0 Å². The van der Waals surface area contributed by atoms with Gasteiger partial charge in [0.15, 0.2) is 0 Å². The number of carbonyl (C=O) groups excluding carboxylic acids is 6. The van der Waals surface area contributed by atoms with Crippen molar-refractivity contribution in [3.8, 4) is 69.0 Å². The van der Waals surface area contributed by atoms with Crippen LogP contribution in [-0.2, 0) is 28.8 Å². The van der Waals surface area contributed by atoms with Gasteiger partial charge in [-0.2, -0.15) is 0 Å². The molecule has 0 saturated heterocycles. The van der Waals surface area contributed by atoms with Crippen molar-refractivity contribution in [1.82, 2.24) is 0 Å². The van der Waals surface area contributed by atoms with Crippen LogP contribution < -0.4 is 28.4 Å². The third kappa shape index (κ3) is 24.2. The van der Waals surface area contributed by atoms with Crippen molar-refractivity contribution >= 4 is 35.8 Å². The fourth-order valence-electron chi connectivity index (χ4n) is 17.7. The van der Waals surface area contributed by atoms with Crippen LogP contribution >= 0.6 is 0 Å². The summed E-state index contributed by atoms with van der Waals surface area (Å²) in [5.41, 5.74) is 32.5. The molecule has 0 aromatic heterocycles. The molecule has 0 spiro atoms. The molecule has 18 heteroatoms. The third-order valence-corrected chi connectivity index (χ3v) is 24.4. The van der Waals surface area contributed by atoms with Gasteiger partial charge in [0.1, 0.15) is 69.0 Å². The molecular weight excluding hydrogens is 1710 g/mol. The maximum Gasteiger partial charge on any atom is 0.335 e. The van der Waals surface area contributed by atoms with E-state index in [1.165, 1.54) is 0 Å². The van der Waals surface area contributed by atoms with Crippen LogP contribution in [0.4, 0.5) is 0 Å². The number of hydrogen-bond acceptors (Lipinski definition) is 18. The Morgan fingerprint density at radius 1 is 0.191 bits per heavy atom. The van der Waals surface area contributed by atoms with Crippen LogP contribution in [0, 0.1) is 166 Å². The van der Waals surface area contributed by atoms with Crippen LogP contribution in [0.25, 0.3) is 0 Å². The predicted octanol–water partition coefficient (Wildman–Crippen LogP) is 25.7. The third-order valence-electron chi connectivity index (χ3n) is 24.4. The van der Waals surface area contributed by atoms with Gasteiger partial charge in [-0.25, -0.2) is 28.8 Å². The molecule has 0 heterocycles. The number of phenolic OH excluding ortho intramolecular Hbond substituents is 6. The largest absolute Gasteiger partial charge is 0.508 e. The molecule has 136 heavy (non-hydrogen) atoms. The summed E-state index contributed by atoms with van der Waals surface area (Å²) in [5.74, 6) is 1.08. The monoisotopic (exact) mass is 1830 g/mol. The molecule has 2 unspecified atom stereocenters. The Labute approximate surface area is 799 Å². The Morgan fingerprint density at radius 2 is 0.346 bits per heavy atom. The molecular formula is C118H124O18. The number of esters is 6. The molecule has 0 radical (unpaired) electrons. The van der Waals surface area contributed by atoms with Crippen molar-refractivity contribution in [2.24, 2.45) is 0 Å². The second-order valence-electron chi connectivity index (χ2n) is 35.4. The minimum Gasteiger partial charge on any atom is -0.508 e. The van der Waals surface area contributed by atoms with Gasteiger partial charge < -0.3 is 59.1 Å². The maximum absolute atomic E-state index is 11.9. The number of rotatable bonds is 24. The zero-order valence-corrected chi connectivity index (χ0v) is 82.5. The van der Waals surface area contributed by atoms with E-state index < -0.39 is 35.8 Å². The lowest BCUT2D eigenvalue weighted by Crippen LogP contribution is -2.12. The predicted molar refractivity (Wildman–Crippen MR) is 540 cm³/mol. The summed E-state index contributed by atoms with van der Waals surface area (Å²) in [6.07, 6.45) is 6.87. The van der Waals surface area contributed by atoms with Crippen LogP contribution in [0.15, 0.2) is 222 Å². The molecule has 2 atom stereocenters. The molecule has 6 N–H and O–H groups in total. The van der Waals surface area contributed by atoms with Gasteiger partial charge in [-0.05, 0) is 391 Å². The Balaban J connectivity index is 0.000000204. The molecule has 0 amide bonds. The number of ether oxygens (including phenoxy) is 6. The summed E-state index contributed by atoms with van der Waals surface area (Å²) in [6, 6.07) is 47.5. The number of benzene rings is 12. The summed E-state index contributed by atoms with van der Waals surface area (Å²) < 4.78 is 32.8. The summed E-state index contributed by atoms with van der Waals surface area (Å²) >= 11 is 0. The number of aryl methyl sites for hydroxylation is 24. The first-order chi connectivity index (χ1) is 64.0. The van der Waals surface area contributed by atoms with Crippen molar-refractivity contribution in [1.29, 1.82) is 0 Å². The van der Waals surface area contributed by atoms with E-state index in [1.54, 1.807) is 12.1 Å². The van der Waals surface area contributed by atoms with Gasteiger partial charge >= 0.3 is 35.8 Å². The first kappa shape index (κ1) is 104. The average molecular weight is 1830 g/mol. The molecule has 12 aromatic carbocycles. The van der Waals surface area contributed by atoms with E-state index in [4.69, 9.17) is 28.4 Å². The SMILES string of the molecule is C=CC(=O)Oc1c(C)cc(C(c2cc(C)c(O)c(C)c2)c2cc(C)c(O)c(C)c2)cc1C.C=CC(=O)Oc1c(C)cc(C(c2cc(C)c(O)c(C)c2)c2cc(C)c(OC(=O)C=C)c(C)c2)cc1C.C=CC(=O)Oc1cc(C)c(C(c2cc(C)c(O)c(C)c2)c2cc(C)c(O)cc2C)cc1C.C=CC(=O)Oc1cc(C)c(C(c2cc(C)c(OC(=O)C=C)c(C)c2)c2cc(C)c(O)cc2C)cc1C. The van der Waals surface area contributed by atoms with Crippen molar-refractivity contribution in [3.05, 3.63) is 422 Å².